The fraction of sp³-hybridized carbons (Fsp3) is 0.308. The molecular weight excluding hydrogens is 184 g/mol. The summed E-state index contributed by atoms with van der Waals surface area (Å²) in [6.45, 7) is 1.08. The zero-order valence-electron chi connectivity index (χ0n) is 8.63. The smallest absolute Gasteiger partial charge is 0.108 e. The van der Waals surface area contributed by atoms with Crippen LogP contribution in [-0.4, -0.2) is 9.55 Å². The van der Waals surface area contributed by atoms with Gasteiger partial charge in [-0.3, -0.25) is 0 Å². The summed E-state index contributed by atoms with van der Waals surface area (Å²) in [4.78, 5) is 4.35. The summed E-state index contributed by atoms with van der Waals surface area (Å²) < 4.78 is 2.28. The molecule has 1 aromatic carbocycles. The number of imidazole rings is 1. The molecule has 3 rings (SSSR count). The Hall–Kier alpha value is -1.57. The van der Waals surface area contributed by atoms with Gasteiger partial charge in [0, 0.05) is 31.3 Å². The van der Waals surface area contributed by atoms with E-state index in [1.165, 1.54) is 17.8 Å². The van der Waals surface area contributed by atoms with E-state index in [0.29, 0.717) is 5.92 Å². The van der Waals surface area contributed by atoms with Crippen LogP contribution in [0.3, 0.4) is 0 Å². The van der Waals surface area contributed by atoms with E-state index >= 15 is 0 Å². The molecule has 0 spiro atoms. The van der Waals surface area contributed by atoms with Crippen LogP contribution in [0.4, 0.5) is 0 Å². The van der Waals surface area contributed by atoms with E-state index in [0.717, 1.165) is 13.0 Å². The van der Waals surface area contributed by atoms with Gasteiger partial charge in [0.1, 0.15) is 5.82 Å². The van der Waals surface area contributed by atoms with Crippen molar-refractivity contribution in [3.8, 4) is 0 Å². The van der Waals surface area contributed by atoms with Crippen molar-refractivity contribution < 1.29 is 0 Å². The summed E-state index contributed by atoms with van der Waals surface area (Å²) in [5.74, 6) is 1.90. The molecule has 1 unspecified atom stereocenters. The van der Waals surface area contributed by atoms with E-state index < -0.39 is 0 Å². The maximum Gasteiger partial charge on any atom is 0.108 e. The van der Waals surface area contributed by atoms with Gasteiger partial charge in [0.25, 0.3) is 0 Å². The Morgan fingerprint density at radius 1 is 1.20 bits per heavy atom. The predicted molar refractivity (Wildman–Crippen MR) is 59.7 cm³/mol. The van der Waals surface area contributed by atoms with Crippen LogP contribution in [0, 0.1) is 0 Å². The van der Waals surface area contributed by atoms with Gasteiger partial charge in [-0.25, -0.2) is 4.98 Å². The van der Waals surface area contributed by atoms with Crippen molar-refractivity contribution >= 4 is 0 Å². The maximum absolute atomic E-state index is 4.35. The van der Waals surface area contributed by atoms with Crippen LogP contribution in [0.25, 0.3) is 0 Å². The van der Waals surface area contributed by atoms with Gasteiger partial charge < -0.3 is 4.57 Å². The molecule has 2 heteroatoms. The van der Waals surface area contributed by atoms with Crippen molar-refractivity contribution in [3.05, 3.63) is 54.1 Å². The van der Waals surface area contributed by atoms with Crippen molar-refractivity contribution in [3.63, 3.8) is 0 Å². The number of aryl methyl sites for hydroxylation is 1. The first-order chi connectivity index (χ1) is 7.43. The van der Waals surface area contributed by atoms with Gasteiger partial charge >= 0.3 is 0 Å². The molecule has 1 atom stereocenters. The van der Waals surface area contributed by atoms with Crippen molar-refractivity contribution in [2.45, 2.75) is 25.3 Å². The van der Waals surface area contributed by atoms with Crippen molar-refractivity contribution in [1.82, 2.24) is 9.55 Å². The number of aromatic nitrogens is 2. The van der Waals surface area contributed by atoms with E-state index in [2.05, 4.69) is 46.1 Å². The lowest BCUT2D eigenvalue weighted by molar-refractivity contribution is 0.456. The molecule has 0 saturated heterocycles. The van der Waals surface area contributed by atoms with Gasteiger partial charge in [0.05, 0.1) is 0 Å². The van der Waals surface area contributed by atoms with Crippen LogP contribution < -0.4 is 0 Å². The second-order valence-electron chi connectivity index (χ2n) is 4.14. The first-order valence-electron chi connectivity index (χ1n) is 5.48. The predicted octanol–water partition coefficient (Wildman–Crippen LogP) is 2.61. The van der Waals surface area contributed by atoms with Crippen LogP contribution in [-0.2, 0) is 13.0 Å². The minimum atomic E-state index is 0.660. The summed E-state index contributed by atoms with van der Waals surface area (Å²) in [5, 5.41) is 0. The molecule has 2 aromatic rings. The molecule has 1 aromatic heterocycles. The third-order valence-corrected chi connectivity index (χ3v) is 3.21. The normalized spacial score (nSPS) is 19.9. The SMILES string of the molecule is c1ccc(C2CCc3nccn3C2)cc1. The first kappa shape index (κ1) is 8.72. The van der Waals surface area contributed by atoms with Gasteiger partial charge in [-0.2, -0.15) is 0 Å². The Morgan fingerprint density at radius 2 is 2.07 bits per heavy atom. The van der Waals surface area contributed by atoms with Crippen LogP contribution in [0.5, 0.6) is 0 Å². The highest BCUT2D eigenvalue weighted by atomic mass is 15.1. The Morgan fingerprint density at radius 3 is 2.93 bits per heavy atom. The van der Waals surface area contributed by atoms with E-state index in [1.807, 2.05) is 6.20 Å². The average Bonchev–Trinajstić information content (AvgIpc) is 2.77. The lowest BCUT2D eigenvalue weighted by Gasteiger charge is -2.24. The summed E-state index contributed by atoms with van der Waals surface area (Å²) in [7, 11) is 0. The van der Waals surface area contributed by atoms with Crippen molar-refractivity contribution in [2.75, 3.05) is 0 Å². The van der Waals surface area contributed by atoms with Gasteiger partial charge in [0.15, 0.2) is 0 Å². The second kappa shape index (κ2) is 3.54. The molecular formula is C13H14N2. The third kappa shape index (κ3) is 1.56. The zero-order chi connectivity index (χ0) is 10.1. The first-order valence-corrected chi connectivity index (χ1v) is 5.48. The fourth-order valence-corrected chi connectivity index (χ4v) is 2.36. The Kier molecular flexibility index (Phi) is 2.05. The largest absolute Gasteiger partial charge is 0.334 e. The molecule has 0 saturated carbocycles. The number of benzene rings is 1. The standard InChI is InChI=1S/C13H14N2/c1-2-4-11(5-3-1)12-6-7-13-14-8-9-15(13)10-12/h1-5,8-9,12H,6-7,10H2. The average molecular weight is 198 g/mol. The molecule has 0 fully saturated rings. The number of hydrogen-bond donors (Lipinski definition) is 0. The van der Waals surface area contributed by atoms with Crippen molar-refractivity contribution in [2.24, 2.45) is 0 Å². The second-order valence-corrected chi connectivity index (χ2v) is 4.14. The van der Waals surface area contributed by atoms with Gasteiger partial charge in [-0.15, -0.1) is 0 Å². The topological polar surface area (TPSA) is 17.8 Å². The molecule has 76 valence electrons. The molecule has 0 aliphatic carbocycles. The highest BCUT2D eigenvalue weighted by molar-refractivity contribution is 5.20. The van der Waals surface area contributed by atoms with E-state index in [1.54, 1.807) is 0 Å². The van der Waals surface area contributed by atoms with Gasteiger partial charge in [0.2, 0.25) is 0 Å². The van der Waals surface area contributed by atoms with Gasteiger partial charge in [-0.1, -0.05) is 30.3 Å². The molecule has 15 heavy (non-hydrogen) atoms. The van der Waals surface area contributed by atoms with E-state index in [-0.39, 0.29) is 0 Å². The molecule has 0 radical (unpaired) electrons. The third-order valence-electron chi connectivity index (χ3n) is 3.21. The molecule has 2 nitrogen and oxygen atoms in total. The lowest BCUT2D eigenvalue weighted by Crippen LogP contribution is -2.18. The van der Waals surface area contributed by atoms with E-state index in [4.69, 9.17) is 0 Å². The highest BCUT2D eigenvalue weighted by Crippen LogP contribution is 2.27. The Balaban J connectivity index is 1.88. The number of fused-ring (bicyclic) bond motifs is 1. The number of hydrogen-bond acceptors (Lipinski definition) is 1. The minimum Gasteiger partial charge on any atom is -0.334 e. The zero-order valence-corrected chi connectivity index (χ0v) is 8.63. The quantitative estimate of drug-likeness (QED) is 0.688. The molecule has 2 heterocycles. The molecule has 0 bridgehead atoms. The molecule has 0 N–H and O–H groups in total. The van der Waals surface area contributed by atoms with Gasteiger partial charge in [-0.05, 0) is 12.0 Å². The van der Waals surface area contributed by atoms with Crippen LogP contribution >= 0.6 is 0 Å². The lowest BCUT2D eigenvalue weighted by atomic mass is 9.92. The number of nitrogens with zero attached hydrogens (tertiary/aromatic N) is 2. The van der Waals surface area contributed by atoms with Crippen molar-refractivity contribution in [1.29, 1.82) is 0 Å². The minimum absolute atomic E-state index is 0.660. The summed E-state index contributed by atoms with van der Waals surface area (Å²) in [5.41, 5.74) is 1.46. The van der Waals surface area contributed by atoms with Crippen LogP contribution in [0.15, 0.2) is 42.7 Å². The monoisotopic (exact) mass is 198 g/mol. The maximum atomic E-state index is 4.35. The Bertz CT molecular complexity index is 445. The summed E-state index contributed by atoms with van der Waals surface area (Å²) >= 11 is 0. The fourth-order valence-electron chi connectivity index (χ4n) is 2.36. The summed E-state index contributed by atoms with van der Waals surface area (Å²) in [6, 6.07) is 10.8. The Labute approximate surface area is 89.6 Å². The molecule has 1 aliphatic rings. The molecule has 1 aliphatic heterocycles. The van der Waals surface area contributed by atoms with E-state index in [9.17, 15) is 0 Å². The molecule has 0 amide bonds. The van der Waals surface area contributed by atoms with Crippen LogP contribution in [0.2, 0.25) is 0 Å². The highest BCUT2D eigenvalue weighted by Gasteiger charge is 2.19. The summed E-state index contributed by atoms with van der Waals surface area (Å²) in [6.07, 6.45) is 6.32. The van der Waals surface area contributed by atoms with Crippen LogP contribution in [0.1, 0.15) is 23.7 Å². The number of rotatable bonds is 1.